The minimum absolute atomic E-state index is 0.00766. The lowest BCUT2D eigenvalue weighted by Gasteiger charge is -2.33. The number of nitrogens with zero attached hydrogens (tertiary/aromatic N) is 1. The molecule has 1 heterocycles. The average molecular weight is 407 g/mol. The van der Waals surface area contributed by atoms with Crippen molar-refractivity contribution in [3.8, 4) is 0 Å². The van der Waals surface area contributed by atoms with Gasteiger partial charge in [0.25, 0.3) is 0 Å². The van der Waals surface area contributed by atoms with E-state index in [1.165, 1.54) is 0 Å². The molecule has 2 amide bonds. The van der Waals surface area contributed by atoms with Crippen molar-refractivity contribution in [2.75, 3.05) is 6.54 Å². The average Bonchev–Trinajstić information content (AvgIpc) is 3.22. The molecule has 2 fully saturated rings. The van der Waals surface area contributed by atoms with Crippen molar-refractivity contribution in [1.29, 1.82) is 0 Å². The maximum Gasteiger partial charge on any atom is 0.235 e. The molecular weight excluding hydrogens is 376 g/mol. The summed E-state index contributed by atoms with van der Waals surface area (Å²) in [4.78, 5) is 27.8. The van der Waals surface area contributed by atoms with Gasteiger partial charge in [-0.3, -0.25) is 9.59 Å². The second-order valence-electron chi connectivity index (χ2n) is 8.32. The zero-order valence-electron chi connectivity index (χ0n) is 17.3. The van der Waals surface area contributed by atoms with Gasteiger partial charge >= 0.3 is 0 Å². The van der Waals surface area contributed by atoms with Gasteiger partial charge in [0.15, 0.2) is 0 Å². The van der Waals surface area contributed by atoms with Crippen molar-refractivity contribution in [2.45, 2.75) is 57.4 Å². The lowest BCUT2D eigenvalue weighted by atomic mass is 9.95. The number of likely N-dealkylation sites (tertiary alicyclic amines) is 1. The van der Waals surface area contributed by atoms with E-state index in [2.05, 4.69) is 5.32 Å². The Labute approximate surface area is 178 Å². The third kappa shape index (κ3) is 5.08. The monoisotopic (exact) mass is 406 g/mol. The van der Waals surface area contributed by atoms with Gasteiger partial charge in [0.2, 0.25) is 11.8 Å². The number of amides is 2. The Bertz CT molecular complexity index is 840. The van der Waals surface area contributed by atoms with Gasteiger partial charge in [-0.25, -0.2) is 0 Å². The molecule has 1 aliphatic heterocycles. The van der Waals surface area contributed by atoms with Crippen LogP contribution in [0.15, 0.2) is 60.7 Å². The van der Waals surface area contributed by atoms with Gasteiger partial charge in [-0.2, -0.15) is 0 Å². The van der Waals surface area contributed by atoms with Crippen LogP contribution in [0, 0.1) is 5.92 Å². The van der Waals surface area contributed by atoms with Crippen LogP contribution in [0.4, 0.5) is 0 Å². The smallest absolute Gasteiger partial charge is 0.235 e. The minimum atomic E-state index is -0.585. The Hall–Kier alpha value is -2.66. The van der Waals surface area contributed by atoms with Gasteiger partial charge in [-0.1, -0.05) is 60.7 Å². The number of piperidine rings is 1. The summed E-state index contributed by atoms with van der Waals surface area (Å²) in [6.45, 7) is 1.82. The summed E-state index contributed by atoms with van der Waals surface area (Å²) in [5, 5.41) is 3.14. The zero-order valence-corrected chi connectivity index (χ0v) is 17.3. The van der Waals surface area contributed by atoms with Gasteiger partial charge in [-0.05, 0) is 43.2 Å². The summed E-state index contributed by atoms with van der Waals surface area (Å²) >= 11 is 0. The fourth-order valence-corrected chi connectivity index (χ4v) is 4.50. The van der Waals surface area contributed by atoms with Crippen molar-refractivity contribution in [3.63, 3.8) is 0 Å². The Kier molecular flexibility index (Phi) is 6.80. The molecule has 0 bridgehead atoms. The highest BCUT2D eigenvalue weighted by molar-refractivity contribution is 6.00. The zero-order chi connectivity index (χ0) is 20.8. The van der Waals surface area contributed by atoms with E-state index < -0.39 is 5.92 Å². The largest absolute Gasteiger partial charge is 0.371 e. The topological polar surface area (TPSA) is 58.6 Å². The quantitative estimate of drug-likeness (QED) is 0.714. The lowest BCUT2D eigenvalue weighted by molar-refractivity contribution is -0.146. The number of ether oxygens (including phenoxy) is 1. The molecule has 1 saturated heterocycles. The van der Waals surface area contributed by atoms with Gasteiger partial charge in [0.1, 0.15) is 5.92 Å². The van der Waals surface area contributed by atoms with Crippen molar-refractivity contribution >= 4 is 11.8 Å². The number of rotatable bonds is 7. The molecule has 2 aromatic carbocycles. The number of carbonyl (C=O) groups is 2. The van der Waals surface area contributed by atoms with Crippen LogP contribution >= 0.6 is 0 Å². The highest BCUT2D eigenvalue weighted by Gasteiger charge is 2.37. The van der Waals surface area contributed by atoms with Gasteiger partial charge in [0.05, 0.1) is 18.8 Å². The van der Waals surface area contributed by atoms with E-state index in [9.17, 15) is 9.59 Å². The molecule has 2 aliphatic rings. The molecule has 1 unspecified atom stereocenters. The molecule has 3 atom stereocenters. The normalized spacial score (nSPS) is 24.1. The van der Waals surface area contributed by atoms with E-state index in [4.69, 9.17) is 4.74 Å². The Morgan fingerprint density at radius 1 is 0.933 bits per heavy atom. The van der Waals surface area contributed by atoms with Crippen LogP contribution in [-0.4, -0.2) is 35.4 Å². The van der Waals surface area contributed by atoms with Gasteiger partial charge in [-0.15, -0.1) is 0 Å². The molecule has 0 spiro atoms. The van der Waals surface area contributed by atoms with E-state index in [0.717, 1.165) is 36.8 Å². The summed E-state index contributed by atoms with van der Waals surface area (Å²) in [6.07, 6.45) is 4.36. The van der Waals surface area contributed by atoms with Crippen LogP contribution < -0.4 is 5.32 Å². The predicted octanol–water partition coefficient (Wildman–Crippen LogP) is 3.68. The fraction of sp³-hybridized carbons (Fsp3) is 0.440. The first kappa shape index (κ1) is 20.6. The number of hydrogen-bond donors (Lipinski definition) is 1. The molecule has 1 saturated carbocycles. The van der Waals surface area contributed by atoms with Crippen molar-refractivity contribution in [3.05, 3.63) is 71.8 Å². The molecule has 30 heavy (non-hydrogen) atoms. The van der Waals surface area contributed by atoms with Crippen molar-refractivity contribution in [2.24, 2.45) is 5.92 Å². The Morgan fingerprint density at radius 3 is 2.37 bits per heavy atom. The molecule has 4 rings (SSSR count). The summed E-state index contributed by atoms with van der Waals surface area (Å²) < 4.78 is 6.11. The van der Waals surface area contributed by atoms with Crippen molar-refractivity contribution < 1.29 is 14.3 Å². The molecule has 1 aliphatic carbocycles. The van der Waals surface area contributed by atoms with E-state index in [-0.39, 0.29) is 24.0 Å². The second-order valence-corrected chi connectivity index (χ2v) is 8.32. The predicted molar refractivity (Wildman–Crippen MR) is 115 cm³/mol. The van der Waals surface area contributed by atoms with Gasteiger partial charge in [0, 0.05) is 13.1 Å². The summed E-state index contributed by atoms with van der Waals surface area (Å²) in [7, 11) is 0. The molecule has 0 radical (unpaired) electrons. The molecule has 0 aromatic heterocycles. The number of benzene rings is 2. The van der Waals surface area contributed by atoms with Gasteiger partial charge < -0.3 is 15.0 Å². The number of nitrogens with one attached hydrogen (secondary N) is 1. The molecule has 2 aromatic rings. The lowest BCUT2D eigenvalue weighted by Crippen LogP contribution is -2.50. The Balaban J connectivity index is 1.32. The van der Waals surface area contributed by atoms with E-state index in [1.54, 1.807) is 0 Å². The van der Waals surface area contributed by atoms with Crippen LogP contribution in [0.3, 0.4) is 0 Å². The molecule has 5 nitrogen and oxygen atoms in total. The highest BCUT2D eigenvalue weighted by atomic mass is 16.5. The first-order valence-corrected chi connectivity index (χ1v) is 11.0. The SMILES string of the molecule is O=C(N[C@H]1CCC[C@@H]1OCc1ccccc1)C1CCCN(Cc2ccccc2)C1=O. The summed E-state index contributed by atoms with van der Waals surface area (Å²) in [5.41, 5.74) is 2.23. The maximum atomic E-state index is 13.0. The summed E-state index contributed by atoms with van der Waals surface area (Å²) in [5.74, 6) is -0.779. The van der Waals surface area contributed by atoms with E-state index in [0.29, 0.717) is 26.1 Å². The minimum Gasteiger partial charge on any atom is -0.371 e. The van der Waals surface area contributed by atoms with E-state index in [1.807, 2.05) is 65.6 Å². The molecule has 5 heteroatoms. The standard InChI is InChI=1S/C25H30N2O3/c28-24(21-13-8-16-27(25(21)29)17-19-9-3-1-4-10-19)26-22-14-7-15-23(22)30-18-20-11-5-2-6-12-20/h1-6,9-12,21-23H,7-8,13-18H2,(H,26,28)/t21?,22-,23-/m0/s1. The molecule has 1 N–H and O–H groups in total. The Morgan fingerprint density at radius 2 is 1.63 bits per heavy atom. The second kappa shape index (κ2) is 9.90. The number of carbonyl (C=O) groups excluding carboxylic acids is 2. The first-order chi connectivity index (χ1) is 14.7. The third-order valence-corrected chi connectivity index (χ3v) is 6.15. The summed E-state index contributed by atoms with van der Waals surface area (Å²) in [6, 6.07) is 20.0. The van der Waals surface area contributed by atoms with Crippen LogP contribution in [0.1, 0.15) is 43.2 Å². The third-order valence-electron chi connectivity index (χ3n) is 6.15. The fourth-order valence-electron chi connectivity index (χ4n) is 4.50. The molecule has 158 valence electrons. The molecular formula is C25H30N2O3. The van der Waals surface area contributed by atoms with E-state index >= 15 is 0 Å². The van der Waals surface area contributed by atoms with Crippen LogP contribution in [0.25, 0.3) is 0 Å². The maximum absolute atomic E-state index is 13.0. The highest BCUT2D eigenvalue weighted by Crippen LogP contribution is 2.25. The van der Waals surface area contributed by atoms with Crippen LogP contribution in [0.2, 0.25) is 0 Å². The van der Waals surface area contributed by atoms with Crippen LogP contribution in [-0.2, 0) is 27.5 Å². The number of hydrogen-bond acceptors (Lipinski definition) is 3. The van der Waals surface area contributed by atoms with Crippen LogP contribution in [0.5, 0.6) is 0 Å². The first-order valence-electron chi connectivity index (χ1n) is 11.0. The van der Waals surface area contributed by atoms with Crippen molar-refractivity contribution in [1.82, 2.24) is 10.2 Å².